The lowest BCUT2D eigenvalue weighted by Gasteiger charge is -2.14. The molecule has 0 aromatic heterocycles. The molecule has 0 aliphatic heterocycles. The molecule has 0 aliphatic rings. The summed E-state index contributed by atoms with van der Waals surface area (Å²) in [5.74, 6) is -1.33. The number of hydrogen-bond donors (Lipinski definition) is 2. The Morgan fingerprint density at radius 3 is 2.32 bits per heavy atom. The van der Waals surface area contributed by atoms with E-state index in [1.807, 2.05) is 48.5 Å². The number of nitrogens with one attached hydrogen (secondary N) is 1. The first kappa shape index (κ1) is 19.8. The maximum absolute atomic E-state index is 12.3. The SMILES string of the molecule is O=C(Cc1ccc2ccccc2c1)N[C@H](CC[S@](=O)c1ccccc1)C(=O)O. The van der Waals surface area contributed by atoms with Gasteiger partial charge in [0.1, 0.15) is 6.04 Å². The number of carbonyl (C=O) groups is 2. The van der Waals surface area contributed by atoms with E-state index in [2.05, 4.69) is 5.32 Å². The Kier molecular flexibility index (Phi) is 6.55. The van der Waals surface area contributed by atoms with Gasteiger partial charge in [0.25, 0.3) is 0 Å². The zero-order valence-electron chi connectivity index (χ0n) is 15.2. The molecule has 0 saturated heterocycles. The van der Waals surface area contributed by atoms with E-state index in [-0.39, 0.29) is 24.5 Å². The predicted molar refractivity (Wildman–Crippen MR) is 110 cm³/mol. The standard InChI is InChI=1S/C22H21NO4S/c24-21(15-16-10-11-17-6-4-5-7-18(17)14-16)23-20(22(25)26)12-13-28(27)19-8-2-1-3-9-19/h1-11,14,20H,12-13,15H2,(H,23,24)(H,25,26)/t20-,28+/m1/s1. The number of benzene rings is 3. The molecule has 0 bridgehead atoms. The van der Waals surface area contributed by atoms with Gasteiger partial charge in [-0.1, -0.05) is 60.7 Å². The van der Waals surface area contributed by atoms with E-state index in [0.717, 1.165) is 16.3 Å². The van der Waals surface area contributed by atoms with Gasteiger partial charge in [0, 0.05) is 10.6 Å². The summed E-state index contributed by atoms with van der Waals surface area (Å²) in [5.41, 5.74) is 0.813. The summed E-state index contributed by atoms with van der Waals surface area (Å²) in [4.78, 5) is 24.5. The van der Waals surface area contributed by atoms with Gasteiger partial charge in [0.2, 0.25) is 5.91 Å². The van der Waals surface area contributed by atoms with E-state index in [1.165, 1.54) is 0 Å². The topological polar surface area (TPSA) is 83.5 Å². The molecule has 1 amide bonds. The molecule has 2 N–H and O–H groups in total. The molecule has 3 aromatic carbocycles. The second-order valence-corrected chi connectivity index (χ2v) is 8.04. The highest BCUT2D eigenvalue weighted by Gasteiger charge is 2.21. The minimum Gasteiger partial charge on any atom is -0.480 e. The molecular weight excluding hydrogens is 374 g/mol. The number of fused-ring (bicyclic) bond motifs is 1. The first-order chi connectivity index (χ1) is 13.5. The Hall–Kier alpha value is -2.99. The summed E-state index contributed by atoms with van der Waals surface area (Å²) in [5, 5.41) is 14.1. The summed E-state index contributed by atoms with van der Waals surface area (Å²) in [7, 11) is -1.30. The lowest BCUT2D eigenvalue weighted by Crippen LogP contribution is -2.42. The second kappa shape index (κ2) is 9.28. The zero-order valence-corrected chi connectivity index (χ0v) is 16.0. The molecule has 6 heteroatoms. The van der Waals surface area contributed by atoms with E-state index in [1.54, 1.807) is 24.3 Å². The third-order valence-electron chi connectivity index (χ3n) is 4.41. The fourth-order valence-corrected chi connectivity index (χ4v) is 4.10. The Bertz CT molecular complexity index is 1000. The van der Waals surface area contributed by atoms with Gasteiger partial charge in [0.05, 0.1) is 17.2 Å². The molecule has 2 atom stereocenters. The number of carboxylic acid groups (broad SMARTS) is 1. The van der Waals surface area contributed by atoms with Gasteiger partial charge >= 0.3 is 5.97 Å². The van der Waals surface area contributed by atoms with E-state index in [4.69, 9.17) is 0 Å². The van der Waals surface area contributed by atoms with Crippen molar-refractivity contribution in [3.8, 4) is 0 Å². The van der Waals surface area contributed by atoms with Gasteiger partial charge in [-0.3, -0.25) is 9.00 Å². The molecule has 0 fully saturated rings. The van der Waals surface area contributed by atoms with Gasteiger partial charge in [0.15, 0.2) is 0 Å². The molecule has 5 nitrogen and oxygen atoms in total. The van der Waals surface area contributed by atoms with Crippen molar-refractivity contribution in [2.24, 2.45) is 0 Å². The lowest BCUT2D eigenvalue weighted by atomic mass is 10.0. The van der Waals surface area contributed by atoms with E-state index >= 15 is 0 Å². The fraction of sp³-hybridized carbons (Fsp3) is 0.182. The zero-order chi connectivity index (χ0) is 19.9. The molecule has 3 rings (SSSR count). The van der Waals surface area contributed by atoms with E-state index in [9.17, 15) is 18.9 Å². The van der Waals surface area contributed by atoms with Crippen LogP contribution in [0.2, 0.25) is 0 Å². The maximum Gasteiger partial charge on any atom is 0.326 e. The van der Waals surface area contributed by atoms with Crippen molar-refractivity contribution in [1.82, 2.24) is 5.32 Å². The van der Waals surface area contributed by atoms with Crippen LogP contribution in [0, 0.1) is 0 Å². The Labute approximate surface area is 165 Å². The third kappa shape index (κ3) is 5.27. The normalized spacial score (nSPS) is 13.0. The highest BCUT2D eigenvalue weighted by molar-refractivity contribution is 7.85. The third-order valence-corrected chi connectivity index (χ3v) is 5.81. The van der Waals surface area contributed by atoms with Crippen LogP contribution >= 0.6 is 0 Å². The number of amides is 1. The Morgan fingerprint density at radius 1 is 0.929 bits per heavy atom. The van der Waals surface area contributed by atoms with Crippen molar-refractivity contribution in [1.29, 1.82) is 0 Å². The Morgan fingerprint density at radius 2 is 1.61 bits per heavy atom. The predicted octanol–water partition coefficient (Wildman–Crippen LogP) is 3.15. The molecule has 3 aromatic rings. The average molecular weight is 395 g/mol. The maximum atomic E-state index is 12.3. The van der Waals surface area contributed by atoms with E-state index in [0.29, 0.717) is 4.90 Å². The molecule has 0 unspecified atom stereocenters. The summed E-state index contributed by atoms with van der Waals surface area (Å²) in [6.07, 6.45) is 0.191. The largest absolute Gasteiger partial charge is 0.480 e. The van der Waals surface area contributed by atoms with Crippen molar-refractivity contribution in [2.45, 2.75) is 23.8 Å². The lowest BCUT2D eigenvalue weighted by molar-refractivity contribution is -0.141. The second-order valence-electron chi connectivity index (χ2n) is 6.47. The van der Waals surface area contributed by atoms with Gasteiger partial charge in [-0.05, 0) is 34.9 Å². The van der Waals surface area contributed by atoms with Crippen LogP contribution in [-0.2, 0) is 26.8 Å². The quantitative estimate of drug-likeness (QED) is 0.614. The van der Waals surface area contributed by atoms with Crippen molar-refractivity contribution in [3.05, 3.63) is 78.4 Å². The van der Waals surface area contributed by atoms with Crippen LogP contribution in [-0.4, -0.2) is 33.0 Å². The van der Waals surface area contributed by atoms with Gasteiger partial charge in [-0.2, -0.15) is 0 Å². The minimum absolute atomic E-state index is 0.0936. The summed E-state index contributed by atoms with van der Waals surface area (Å²) in [6.45, 7) is 0. The summed E-state index contributed by atoms with van der Waals surface area (Å²) in [6, 6.07) is 21.4. The molecule has 0 radical (unpaired) electrons. The van der Waals surface area contributed by atoms with Crippen LogP contribution in [0.5, 0.6) is 0 Å². The fourth-order valence-electron chi connectivity index (χ4n) is 2.95. The number of carboxylic acids is 1. The van der Waals surface area contributed by atoms with Gasteiger partial charge < -0.3 is 10.4 Å². The monoisotopic (exact) mass is 395 g/mol. The van der Waals surface area contributed by atoms with Crippen molar-refractivity contribution >= 4 is 33.4 Å². The van der Waals surface area contributed by atoms with Gasteiger partial charge in [-0.15, -0.1) is 0 Å². The molecule has 0 spiro atoms. The van der Waals surface area contributed by atoms with Gasteiger partial charge in [-0.25, -0.2) is 4.79 Å². The van der Waals surface area contributed by atoms with E-state index < -0.39 is 22.8 Å². The first-order valence-corrected chi connectivity index (χ1v) is 10.3. The molecule has 0 aliphatic carbocycles. The molecule has 0 saturated carbocycles. The number of hydrogen-bond acceptors (Lipinski definition) is 3. The summed E-state index contributed by atoms with van der Waals surface area (Å²) >= 11 is 0. The molecule has 144 valence electrons. The van der Waals surface area contributed by atoms with Crippen LogP contribution in [0.25, 0.3) is 10.8 Å². The molecular formula is C22H21NO4S. The summed E-state index contributed by atoms with van der Waals surface area (Å²) < 4.78 is 12.3. The van der Waals surface area contributed by atoms with Crippen LogP contribution in [0.15, 0.2) is 77.7 Å². The van der Waals surface area contributed by atoms with Crippen molar-refractivity contribution in [2.75, 3.05) is 5.75 Å². The highest BCUT2D eigenvalue weighted by Crippen LogP contribution is 2.16. The van der Waals surface area contributed by atoms with Crippen LogP contribution in [0.3, 0.4) is 0 Å². The number of rotatable bonds is 8. The molecule has 0 heterocycles. The highest BCUT2D eigenvalue weighted by atomic mass is 32.2. The number of carbonyl (C=O) groups excluding carboxylic acids is 1. The Balaban J connectivity index is 1.59. The van der Waals surface area contributed by atoms with Crippen molar-refractivity contribution in [3.63, 3.8) is 0 Å². The minimum atomic E-state index is -1.30. The van der Waals surface area contributed by atoms with Crippen LogP contribution in [0.4, 0.5) is 0 Å². The number of aliphatic carboxylic acids is 1. The van der Waals surface area contributed by atoms with Crippen LogP contribution in [0.1, 0.15) is 12.0 Å². The molecule has 28 heavy (non-hydrogen) atoms. The van der Waals surface area contributed by atoms with Crippen LogP contribution < -0.4 is 5.32 Å². The van der Waals surface area contributed by atoms with Crippen molar-refractivity contribution < 1.29 is 18.9 Å². The first-order valence-electron chi connectivity index (χ1n) is 8.96. The average Bonchev–Trinajstić information content (AvgIpc) is 2.71. The smallest absolute Gasteiger partial charge is 0.326 e.